The van der Waals surface area contributed by atoms with Gasteiger partial charge in [0.15, 0.2) is 0 Å². The molecule has 0 spiro atoms. The number of rotatable bonds is 6. The largest absolute Gasteiger partial charge is 0.508 e. The number of phenolic OH excluding ortho intramolecular Hbond substituents is 1. The van der Waals surface area contributed by atoms with Gasteiger partial charge in [-0.3, -0.25) is 4.79 Å². The average Bonchev–Trinajstić information content (AvgIpc) is 2.54. The second-order valence-corrected chi connectivity index (χ2v) is 4.41. The molecule has 2 rings (SSSR count). The van der Waals surface area contributed by atoms with Crippen LogP contribution in [0, 0.1) is 0 Å². The molecule has 0 radical (unpaired) electrons. The Morgan fingerprint density at radius 3 is 2.50 bits per heavy atom. The van der Waals surface area contributed by atoms with Crippen LogP contribution in [0.25, 0.3) is 0 Å². The summed E-state index contributed by atoms with van der Waals surface area (Å²) in [4.78, 5) is 11.8. The molecule has 0 aliphatic heterocycles. The molecule has 112 valence electrons. The lowest BCUT2D eigenvalue weighted by Gasteiger charge is -2.03. The van der Waals surface area contributed by atoms with Crippen LogP contribution >= 0.6 is 0 Å². The van der Waals surface area contributed by atoms with Gasteiger partial charge in [-0.1, -0.05) is 12.7 Å². The fourth-order valence-corrected chi connectivity index (χ4v) is 1.65. The van der Waals surface area contributed by atoms with Crippen molar-refractivity contribution in [2.75, 3.05) is 6.61 Å². The number of carbonyl (C=O) groups excluding carboxylic acids is 1. The van der Waals surface area contributed by atoms with Gasteiger partial charge in [0.05, 0.1) is 6.21 Å². The van der Waals surface area contributed by atoms with Gasteiger partial charge in [0, 0.05) is 5.56 Å². The number of hydrazone groups is 1. The molecule has 0 saturated heterocycles. The molecule has 5 heteroatoms. The zero-order valence-corrected chi connectivity index (χ0v) is 11.9. The van der Waals surface area contributed by atoms with E-state index in [-0.39, 0.29) is 11.7 Å². The highest BCUT2D eigenvalue weighted by Gasteiger charge is 2.03. The van der Waals surface area contributed by atoms with Crippen LogP contribution in [0.3, 0.4) is 0 Å². The fraction of sp³-hybridized carbons (Fsp3) is 0.0588. The van der Waals surface area contributed by atoms with E-state index in [0.717, 1.165) is 11.3 Å². The Kier molecular flexibility index (Phi) is 5.31. The Morgan fingerprint density at radius 2 is 1.86 bits per heavy atom. The number of nitrogens with one attached hydrogen (secondary N) is 1. The van der Waals surface area contributed by atoms with E-state index >= 15 is 0 Å². The predicted octanol–water partition coefficient (Wildman–Crippen LogP) is 2.72. The molecule has 22 heavy (non-hydrogen) atoms. The molecule has 0 atom stereocenters. The van der Waals surface area contributed by atoms with Crippen molar-refractivity contribution < 1.29 is 14.6 Å². The van der Waals surface area contributed by atoms with Gasteiger partial charge in [-0.05, 0) is 54.1 Å². The molecule has 0 unspecified atom stereocenters. The molecular formula is C17H16N2O3. The molecule has 0 heterocycles. The molecular weight excluding hydrogens is 280 g/mol. The first kappa shape index (κ1) is 15.3. The minimum absolute atomic E-state index is 0.110. The Labute approximate surface area is 128 Å². The maximum absolute atomic E-state index is 11.8. The highest BCUT2D eigenvalue weighted by molar-refractivity contribution is 5.94. The van der Waals surface area contributed by atoms with Crippen molar-refractivity contribution >= 4 is 12.1 Å². The van der Waals surface area contributed by atoms with Crippen LogP contribution in [0.2, 0.25) is 0 Å². The average molecular weight is 296 g/mol. The second-order valence-electron chi connectivity index (χ2n) is 4.41. The number of phenols is 1. The van der Waals surface area contributed by atoms with E-state index < -0.39 is 0 Å². The molecule has 1 amide bonds. The minimum Gasteiger partial charge on any atom is -0.508 e. The highest BCUT2D eigenvalue weighted by Crippen LogP contribution is 2.11. The Morgan fingerprint density at radius 1 is 1.18 bits per heavy atom. The molecule has 0 aliphatic carbocycles. The maximum Gasteiger partial charge on any atom is 0.271 e. The van der Waals surface area contributed by atoms with Crippen molar-refractivity contribution in [2.45, 2.75) is 0 Å². The number of hydrogen-bond acceptors (Lipinski definition) is 4. The van der Waals surface area contributed by atoms with Gasteiger partial charge in [-0.2, -0.15) is 5.10 Å². The van der Waals surface area contributed by atoms with Gasteiger partial charge >= 0.3 is 0 Å². The molecule has 0 aliphatic rings. The van der Waals surface area contributed by atoms with Gasteiger partial charge in [-0.25, -0.2) is 5.43 Å². The molecule has 5 nitrogen and oxygen atoms in total. The van der Waals surface area contributed by atoms with Gasteiger partial charge in [0.1, 0.15) is 18.1 Å². The SMILES string of the molecule is C=CCOc1ccc(C=NNC(=O)c2ccc(O)cc2)cc1. The Hall–Kier alpha value is -3.08. The maximum atomic E-state index is 11.8. The first-order valence-corrected chi connectivity index (χ1v) is 6.65. The summed E-state index contributed by atoms with van der Waals surface area (Å²) in [5, 5.41) is 13.1. The molecule has 0 aromatic heterocycles. The topological polar surface area (TPSA) is 70.9 Å². The van der Waals surface area contributed by atoms with E-state index in [1.165, 1.54) is 30.5 Å². The summed E-state index contributed by atoms with van der Waals surface area (Å²) in [5.41, 5.74) is 3.67. The van der Waals surface area contributed by atoms with Crippen LogP contribution in [-0.4, -0.2) is 23.8 Å². The van der Waals surface area contributed by atoms with Crippen molar-refractivity contribution in [3.8, 4) is 11.5 Å². The number of benzene rings is 2. The molecule has 2 N–H and O–H groups in total. The third kappa shape index (κ3) is 4.49. The van der Waals surface area contributed by atoms with Gasteiger partial charge in [-0.15, -0.1) is 0 Å². The lowest BCUT2D eigenvalue weighted by atomic mass is 10.2. The molecule has 0 saturated carbocycles. The summed E-state index contributed by atoms with van der Waals surface area (Å²) in [6.07, 6.45) is 3.21. The van der Waals surface area contributed by atoms with Crippen molar-refractivity contribution in [1.82, 2.24) is 5.43 Å². The van der Waals surface area contributed by atoms with E-state index in [1.54, 1.807) is 6.08 Å². The summed E-state index contributed by atoms with van der Waals surface area (Å²) in [7, 11) is 0. The van der Waals surface area contributed by atoms with Gasteiger partial charge in [0.25, 0.3) is 5.91 Å². The first-order chi connectivity index (χ1) is 10.7. The van der Waals surface area contributed by atoms with Crippen molar-refractivity contribution in [1.29, 1.82) is 0 Å². The van der Waals surface area contributed by atoms with Crippen molar-refractivity contribution in [3.05, 3.63) is 72.3 Å². The predicted molar refractivity (Wildman–Crippen MR) is 85.3 cm³/mol. The zero-order chi connectivity index (χ0) is 15.8. The molecule has 2 aromatic rings. The monoisotopic (exact) mass is 296 g/mol. The number of nitrogens with zero attached hydrogens (tertiary/aromatic N) is 1. The third-order valence-corrected chi connectivity index (χ3v) is 2.76. The number of carbonyl (C=O) groups is 1. The number of amides is 1. The quantitative estimate of drug-likeness (QED) is 0.489. The van der Waals surface area contributed by atoms with Gasteiger partial charge in [0.2, 0.25) is 0 Å². The van der Waals surface area contributed by atoms with E-state index in [2.05, 4.69) is 17.1 Å². The van der Waals surface area contributed by atoms with Crippen LogP contribution in [0.15, 0.2) is 66.3 Å². The summed E-state index contributed by atoms with van der Waals surface area (Å²) in [6, 6.07) is 13.2. The lowest BCUT2D eigenvalue weighted by Crippen LogP contribution is -2.17. The summed E-state index contributed by atoms with van der Waals surface area (Å²) < 4.78 is 5.37. The van der Waals surface area contributed by atoms with E-state index in [1.807, 2.05) is 24.3 Å². The van der Waals surface area contributed by atoms with E-state index in [4.69, 9.17) is 9.84 Å². The highest BCUT2D eigenvalue weighted by atomic mass is 16.5. The van der Waals surface area contributed by atoms with Crippen molar-refractivity contribution in [2.24, 2.45) is 5.10 Å². The zero-order valence-electron chi connectivity index (χ0n) is 11.9. The summed E-state index contributed by atoms with van der Waals surface area (Å²) in [5.74, 6) is 0.506. The lowest BCUT2D eigenvalue weighted by molar-refractivity contribution is 0.0955. The second kappa shape index (κ2) is 7.64. The number of hydrogen-bond donors (Lipinski definition) is 2. The van der Waals surface area contributed by atoms with Crippen molar-refractivity contribution in [3.63, 3.8) is 0 Å². The van der Waals surface area contributed by atoms with E-state index in [0.29, 0.717) is 12.2 Å². The van der Waals surface area contributed by atoms with Crippen LogP contribution < -0.4 is 10.2 Å². The van der Waals surface area contributed by atoms with Crippen LogP contribution in [0.1, 0.15) is 15.9 Å². The third-order valence-electron chi connectivity index (χ3n) is 2.76. The Balaban J connectivity index is 1.90. The normalized spacial score (nSPS) is 10.4. The standard InChI is InChI=1S/C17H16N2O3/c1-2-11-22-16-9-3-13(4-10-16)12-18-19-17(21)14-5-7-15(20)8-6-14/h2-10,12,20H,1,11H2,(H,19,21). The summed E-state index contributed by atoms with van der Waals surface area (Å²) >= 11 is 0. The van der Waals surface area contributed by atoms with Crippen LogP contribution in [0.4, 0.5) is 0 Å². The molecule has 0 fully saturated rings. The van der Waals surface area contributed by atoms with E-state index in [9.17, 15) is 4.79 Å². The van der Waals surface area contributed by atoms with Gasteiger partial charge < -0.3 is 9.84 Å². The minimum atomic E-state index is -0.345. The van der Waals surface area contributed by atoms with Crippen LogP contribution in [-0.2, 0) is 0 Å². The Bertz CT molecular complexity index is 661. The van der Waals surface area contributed by atoms with Crippen LogP contribution in [0.5, 0.6) is 11.5 Å². The summed E-state index contributed by atoms with van der Waals surface area (Å²) in [6.45, 7) is 4.03. The molecule has 2 aromatic carbocycles. The smallest absolute Gasteiger partial charge is 0.271 e. The number of aromatic hydroxyl groups is 1. The number of ether oxygens (including phenoxy) is 1. The molecule has 0 bridgehead atoms. The fourth-order valence-electron chi connectivity index (χ4n) is 1.65. The first-order valence-electron chi connectivity index (χ1n) is 6.65.